The monoisotopic (exact) mass is 490 g/mol. The Hall–Kier alpha value is -4.18. The van der Waals surface area contributed by atoms with Crippen LogP contribution in [0.25, 0.3) is 22.2 Å². The predicted octanol–water partition coefficient (Wildman–Crippen LogP) is 3.48. The zero-order chi connectivity index (χ0) is 25.9. The van der Waals surface area contributed by atoms with E-state index < -0.39 is 27.8 Å². The fourth-order valence-corrected chi connectivity index (χ4v) is 5.07. The molecule has 0 amide bonds. The number of nitrogens with zero attached hydrogens (tertiary/aromatic N) is 4. The number of aromatic nitrogens is 3. The van der Waals surface area contributed by atoms with Crippen molar-refractivity contribution in [2.45, 2.75) is 25.5 Å². The van der Waals surface area contributed by atoms with E-state index in [0.29, 0.717) is 33.6 Å². The van der Waals surface area contributed by atoms with Gasteiger partial charge in [0, 0.05) is 26.2 Å². The maximum atomic E-state index is 13.6. The van der Waals surface area contributed by atoms with Crippen molar-refractivity contribution in [3.05, 3.63) is 90.7 Å². The first-order valence-corrected chi connectivity index (χ1v) is 11.4. The quantitative estimate of drug-likeness (QED) is 0.320. The lowest BCUT2D eigenvalue weighted by atomic mass is 9.97. The average molecular weight is 491 g/mol. The maximum absolute atomic E-state index is 13.6. The van der Waals surface area contributed by atoms with Crippen LogP contribution in [0, 0.1) is 10.1 Å². The van der Waals surface area contributed by atoms with E-state index in [4.69, 9.17) is 9.47 Å². The maximum Gasteiger partial charge on any atom is 0.331 e. The predicted molar refractivity (Wildman–Crippen MR) is 135 cm³/mol. The molecule has 5 rings (SSSR count). The van der Waals surface area contributed by atoms with Gasteiger partial charge in [0.15, 0.2) is 0 Å². The minimum atomic E-state index is -0.731. The van der Waals surface area contributed by atoms with Gasteiger partial charge in [-0.3, -0.25) is 24.0 Å². The molecule has 0 bridgehead atoms. The SMILES string of the molecule is COc1ccc(-c2c3c(=O)n(C)c(=O)n(C)c3c3n2C(C)(C)CO[C@H]3c2cccc([N+](=O)[O-])c2)cc1. The third kappa shape index (κ3) is 3.36. The van der Waals surface area contributed by atoms with Crippen LogP contribution >= 0.6 is 0 Å². The van der Waals surface area contributed by atoms with Crippen LogP contribution < -0.4 is 16.0 Å². The van der Waals surface area contributed by atoms with Gasteiger partial charge in [-0.2, -0.15) is 0 Å². The molecule has 1 atom stereocenters. The van der Waals surface area contributed by atoms with Crippen LogP contribution in [0.4, 0.5) is 5.69 Å². The molecule has 0 aliphatic carbocycles. The van der Waals surface area contributed by atoms with Gasteiger partial charge in [0.05, 0.1) is 46.5 Å². The van der Waals surface area contributed by atoms with Crippen molar-refractivity contribution in [1.82, 2.24) is 13.7 Å². The molecular weight excluding hydrogens is 464 g/mol. The van der Waals surface area contributed by atoms with Gasteiger partial charge in [-0.15, -0.1) is 0 Å². The van der Waals surface area contributed by atoms with Gasteiger partial charge in [-0.05, 0) is 49.2 Å². The molecule has 2 aromatic heterocycles. The number of methoxy groups -OCH3 is 1. The van der Waals surface area contributed by atoms with Crippen molar-refractivity contribution in [1.29, 1.82) is 0 Å². The normalized spacial score (nSPS) is 16.6. The number of hydrogen-bond donors (Lipinski definition) is 0. The van der Waals surface area contributed by atoms with Gasteiger partial charge in [0.25, 0.3) is 11.2 Å². The van der Waals surface area contributed by atoms with E-state index in [9.17, 15) is 19.7 Å². The second-order valence-electron chi connectivity index (χ2n) is 9.58. The first-order chi connectivity index (χ1) is 17.1. The highest BCUT2D eigenvalue weighted by atomic mass is 16.6. The van der Waals surface area contributed by atoms with Gasteiger partial charge in [0.2, 0.25) is 0 Å². The molecule has 10 heteroatoms. The highest BCUT2D eigenvalue weighted by Gasteiger charge is 2.41. The number of nitro groups is 1. The molecule has 2 aromatic carbocycles. The molecule has 3 heterocycles. The molecule has 36 heavy (non-hydrogen) atoms. The van der Waals surface area contributed by atoms with Crippen LogP contribution in [0.1, 0.15) is 31.2 Å². The van der Waals surface area contributed by atoms with E-state index in [2.05, 4.69) is 0 Å². The summed E-state index contributed by atoms with van der Waals surface area (Å²) >= 11 is 0. The molecule has 0 spiro atoms. The summed E-state index contributed by atoms with van der Waals surface area (Å²) in [7, 11) is 4.66. The van der Waals surface area contributed by atoms with Gasteiger partial charge >= 0.3 is 5.69 Å². The van der Waals surface area contributed by atoms with Crippen LogP contribution in [0.3, 0.4) is 0 Å². The summed E-state index contributed by atoms with van der Waals surface area (Å²) in [5, 5.41) is 11.9. The standard InChI is InChI=1S/C26H26N4O6/c1-26(2)14-36-23(16-7-6-8-17(13-16)30(33)34)22-21-19(24(31)28(4)25(32)27(21)3)20(29(22)26)15-9-11-18(35-5)12-10-15/h6-13,23H,14H2,1-5H3/t23-/m0/s1. The summed E-state index contributed by atoms with van der Waals surface area (Å²) < 4.78 is 16.2. The average Bonchev–Trinajstić information content (AvgIpc) is 3.24. The highest BCUT2D eigenvalue weighted by Crippen LogP contribution is 2.45. The largest absolute Gasteiger partial charge is 0.497 e. The molecule has 0 N–H and O–H groups in total. The molecule has 0 fully saturated rings. The summed E-state index contributed by atoms with van der Waals surface area (Å²) in [5.74, 6) is 0.672. The molecule has 186 valence electrons. The Morgan fingerprint density at radius 3 is 2.42 bits per heavy atom. The van der Waals surface area contributed by atoms with E-state index in [1.165, 1.54) is 23.7 Å². The lowest BCUT2D eigenvalue weighted by Gasteiger charge is -2.39. The fraction of sp³-hybridized carbons (Fsp3) is 0.308. The second kappa shape index (κ2) is 8.20. The molecule has 0 unspecified atom stereocenters. The van der Waals surface area contributed by atoms with Crippen LogP contribution in [0.2, 0.25) is 0 Å². The van der Waals surface area contributed by atoms with Crippen LogP contribution in [0.5, 0.6) is 5.75 Å². The first kappa shape index (κ1) is 23.6. The molecule has 1 aliphatic rings. The zero-order valence-corrected chi connectivity index (χ0v) is 20.6. The first-order valence-electron chi connectivity index (χ1n) is 11.4. The third-order valence-corrected chi connectivity index (χ3v) is 6.81. The lowest BCUT2D eigenvalue weighted by Crippen LogP contribution is -2.40. The Kier molecular flexibility index (Phi) is 5.36. The number of benzene rings is 2. The van der Waals surface area contributed by atoms with Crippen molar-refractivity contribution in [3.63, 3.8) is 0 Å². The number of ether oxygens (including phenoxy) is 2. The summed E-state index contributed by atoms with van der Waals surface area (Å²) in [6.45, 7) is 4.27. The van der Waals surface area contributed by atoms with Crippen molar-refractivity contribution in [3.8, 4) is 17.0 Å². The van der Waals surface area contributed by atoms with E-state index in [1.54, 1.807) is 26.3 Å². The lowest BCUT2D eigenvalue weighted by molar-refractivity contribution is -0.385. The Bertz CT molecular complexity index is 1640. The number of fused-ring (bicyclic) bond motifs is 3. The van der Waals surface area contributed by atoms with E-state index >= 15 is 0 Å². The molecule has 0 radical (unpaired) electrons. The molecular formula is C26H26N4O6. The zero-order valence-electron chi connectivity index (χ0n) is 20.6. The summed E-state index contributed by atoms with van der Waals surface area (Å²) in [4.78, 5) is 37.7. The molecule has 0 saturated heterocycles. The van der Waals surface area contributed by atoms with Crippen LogP contribution in [-0.2, 0) is 24.4 Å². The Morgan fingerprint density at radius 1 is 1.08 bits per heavy atom. The van der Waals surface area contributed by atoms with Crippen LogP contribution in [0.15, 0.2) is 58.1 Å². The second-order valence-corrected chi connectivity index (χ2v) is 9.58. The van der Waals surface area contributed by atoms with E-state index in [0.717, 1.165) is 10.1 Å². The summed E-state index contributed by atoms with van der Waals surface area (Å²) in [6.07, 6.45) is -0.731. The van der Waals surface area contributed by atoms with Crippen molar-refractivity contribution in [2.75, 3.05) is 13.7 Å². The number of non-ortho nitro benzene ring substituents is 1. The molecule has 10 nitrogen and oxygen atoms in total. The Balaban J connectivity index is 1.95. The van der Waals surface area contributed by atoms with Gasteiger partial charge in [-0.25, -0.2) is 4.79 Å². The highest BCUT2D eigenvalue weighted by molar-refractivity contribution is 5.97. The third-order valence-electron chi connectivity index (χ3n) is 6.81. The fourth-order valence-electron chi connectivity index (χ4n) is 5.07. The minimum Gasteiger partial charge on any atom is -0.497 e. The molecule has 0 saturated carbocycles. The van der Waals surface area contributed by atoms with E-state index in [-0.39, 0.29) is 12.3 Å². The minimum absolute atomic E-state index is 0.0662. The van der Waals surface area contributed by atoms with Crippen LogP contribution in [-0.4, -0.2) is 32.3 Å². The summed E-state index contributed by atoms with van der Waals surface area (Å²) in [5.41, 5.74) is 1.49. The molecule has 1 aliphatic heterocycles. The number of aryl methyl sites for hydroxylation is 1. The van der Waals surface area contributed by atoms with Gasteiger partial charge in [0.1, 0.15) is 11.9 Å². The van der Waals surface area contributed by atoms with Crippen molar-refractivity contribution < 1.29 is 14.4 Å². The van der Waals surface area contributed by atoms with E-state index in [1.807, 2.05) is 42.7 Å². The van der Waals surface area contributed by atoms with Crippen molar-refractivity contribution in [2.24, 2.45) is 14.1 Å². The van der Waals surface area contributed by atoms with Gasteiger partial charge in [-0.1, -0.05) is 12.1 Å². The number of rotatable bonds is 4. The summed E-state index contributed by atoms with van der Waals surface area (Å²) in [6, 6.07) is 13.6. The smallest absolute Gasteiger partial charge is 0.331 e. The number of nitro benzene ring substituents is 1. The topological polar surface area (TPSA) is 111 Å². The Morgan fingerprint density at radius 2 is 1.78 bits per heavy atom. The van der Waals surface area contributed by atoms with Crippen molar-refractivity contribution >= 4 is 16.6 Å². The Labute approximate surface area is 206 Å². The van der Waals surface area contributed by atoms with Gasteiger partial charge < -0.3 is 14.0 Å². The molecule has 4 aromatic rings. The number of hydrogen-bond acceptors (Lipinski definition) is 6.